The third-order valence-electron chi connectivity index (χ3n) is 3.44. The zero-order valence-electron chi connectivity index (χ0n) is 11.5. The molecule has 0 spiro atoms. The average Bonchev–Trinajstić information content (AvgIpc) is 2.91. The maximum atomic E-state index is 12.1. The molecule has 2 rings (SSSR count). The maximum Gasteiger partial charge on any atom is 0.253 e. The number of carbonyl (C=O) groups is 1. The highest BCUT2D eigenvalue weighted by atomic mass is 16.5. The average molecular weight is 263 g/mol. The Balaban J connectivity index is 2.30. The number of hydrogen-bond donors (Lipinski definition) is 2. The topological polar surface area (TPSA) is 67.6 Å². The number of hydrogen-bond acceptors (Lipinski definition) is 4. The summed E-state index contributed by atoms with van der Waals surface area (Å²) in [6, 6.07) is 5.69. The minimum Gasteiger partial charge on any atom is -0.399 e. The number of nitrogens with one attached hydrogen (secondary N) is 1. The number of nitrogens with zero attached hydrogens (tertiary/aromatic N) is 1. The van der Waals surface area contributed by atoms with Crippen molar-refractivity contribution in [1.82, 2.24) is 5.32 Å². The Morgan fingerprint density at radius 2 is 2.37 bits per heavy atom. The summed E-state index contributed by atoms with van der Waals surface area (Å²) in [5, 5.41) is 2.83. The van der Waals surface area contributed by atoms with Gasteiger partial charge in [-0.2, -0.15) is 0 Å². The summed E-state index contributed by atoms with van der Waals surface area (Å²) in [4.78, 5) is 14.2. The van der Waals surface area contributed by atoms with Crippen LogP contribution in [-0.2, 0) is 4.74 Å². The zero-order valence-corrected chi connectivity index (χ0v) is 11.5. The van der Waals surface area contributed by atoms with E-state index in [-0.39, 0.29) is 5.91 Å². The fraction of sp³-hybridized carbons (Fsp3) is 0.500. The van der Waals surface area contributed by atoms with Crippen molar-refractivity contribution in [2.24, 2.45) is 0 Å². The van der Waals surface area contributed by atoms with Crippen molar-refractivity contribution < 1.29 is 9.53 Å². The molecule has 1 aromatic carbocycles. The first kappa shape index (κ1) is 13.7. The Morgan fingerprint density at radius 3 is 3.00 bits per heavy atom. The third kappa shape index (κ3) is 2.98. The van der Waals surface area contributed by atoms with Gasteiger partial charge < -0.3 is 20.7 Å². The van der Waals surface area contributed by atoms with Gasteiger partial charge in [0.25, 0.3) is 5.91 Å². The smallest absolute Gasteiger partial charge is 0.253 e. The molecule has 104 valence electrons. The number of rotatable bonds is 4. The Morgan fingerprint density at radius 1 is 1.58 bits per heavy atom. The summed E-state index contributed by atoms with van der Waals surface area (Å²) in [5.74, 6) is -0.0664. The van der Waals surface area contributed by atoms with E-state index in [2.05, 4.69) is 10.2 Å². The largest absolute Gasteiger partial charge is 0.399 e. The molecule has 1 aliphatic heterocycles. The van der Waals surface area contributed by atoms with E-state index in [0.717, 1.165) is 18.7 Å². The van der Waals surface area contributed by atoms with Gasteiger partial charge in [-0.25, -0.2) is 0 Å². The second-order valence-electron chi connectivity index (χ2n) is 4.76. The van der Waals surface area contributed by atoms with E-state index >= 15 is 0 Å². The van der Waals surface area contributed by atoms with Crippen LogP contribution in [0.2, 0.25) is 0 Å². The van der Waals surface area contributed by atoms with Crippen LogP contribution in [0.25, 0.3) is 0 Å². The fourth-order valence-corrected chi connectivity index (χ4v) is 2.31. The standard InChI is InChI=1S/C14H21N3O2/c1-3-16-14(18)12-5-4-10(15)8-13(12)17(2)11-6-7-19-9-11/h4-5,8,11H,3,6-7,9,15H2,1-2H3,(H,16,18). The van der Waals surface area contributed by atoms with Crippen molar-refractivity contribution in [3.05, 3.63) is 23.8 Å². The predicted octanol–water partition coefficient (Wildman–Crippen LogP) is 1.24. The molecule has 3 N–H and O–H groups in total. The zero-order chi connectivity index (χ0) is 13.8. The van der Waals surface area contributed by atoms with Crippen LogP contribution in [0.4, 0.5) is 11.4 Å². The predicted molar refractivity (Wildman–Crippen MR) is 76.5 cm³/mol. The lowest BCUT2D eigenvalue weighted by molar-refractivity contribution is 0.0956. The quantitative estimate of drug-likeness (QED) is 0.802. The van der Waals surface area contributed by atoms with Crippen molar-refractivity contribution in [3.63, 3.8) is 0 Å². The highest BCUT2D eigenvalue weighted by Gasteiger charge is 2.24. The summed E-state index contributed by atoms with van der Waals surface area (Å²) in [7, 11) is 1.98. The van der Waals surface area contributed by atoms with Gasteiger partial charge in [-0.1, -0.05) is 0 Å². The summed E-state index contributed by atoms with van der Waals surface area (Å²) in [6.45, 7) is 3.98. The molecule has 5 heteroatoms. The van der Waals surface area contributed by atoms with E-state index in [0.29, 0.717) is 30.4 Å². The minimum atomic E-state index is -0.0664. The highest BCUT2D eigenvalue weighted by molar-refractivity contribution is 6.00. The van der Waals surface area contributed by atoms with Crippen molar-refractivity contribution in [1.29, 1.82) is 0 Å². The molecular formula is C14H21N3O2. The van der Waals surface area contributed by atoms with Crippen LogP contribution in [0, 0.1) is 0 Å². The second kappa shape index (κ2) is 5.93. The number of anilines is 2. The van der Waals surface area contributed by atoms with E-state index in [4.69, 9.17) is 10.5 Å². The van der Waals surface area contributed by atoms with Gasteiger partial charge in [-0.15, -0.1) is 0 Å². The molecule has 0 aliphatic carbocycles. The molecule has 1 aliphatic rings. The first-order chi connectivity index (χ1) is 9.13. The minimum absolute atomic E-state index is 0.0664. The van der Waals surface area contributed by atoms with Gasteiger partial charge in [0.05, 0.1) is 23.9 Å². The van der Waals surface area contributed by atoms with Gasteiger partial charge in [-0.3, -0.25) is 4.79 Å². The van der Waals surface area contributed by atoms with E-state index in [1.807, 2.05) is 20.0 Å². The SMILES string of the molecule is CCNC(=O)c1ccc(N)cc1N(C)C1CCOC1. The second-order valence-corrected chi connectivity index (χ2v) is 4.76. The molecule has 19 heavy (non-hydrogen) atoms. The van der Waals surface area contributed by atoms with Crippen LogP contribution in [-0.4, -0.2) is 38.8 Å². The van der Waals surface area contributed by atoms with Crippen LogP contribution in [0.15, 0.2) is 18.2 Å². The third-order valence-corrected chi connectivity index (χ3v) is 3.44. The monoisotopic (exact) mass is 263 g/mol. The van der Waals surface area contributed by atoms with Gasteiger partial charge in [0.15, 0.2) is 0 Å². The van der Waals surface area contributed by atoms with Crippen LogP contribution < -0.4 is 16.0 Å². The Labute approximate surface area is 113 Å². The molecule has 0 aromatic heterocycles. The molecule has 1 amide bonds. The van der Waals surface area contributed by atoms with Gasteiger partial charge >= 0.3 is 0 Å². The number of nitrogen functional groups attached to an aromatic ring is 1. The lowest BCUT2D eigenvalue weighted by atomic mass is 10.1. The first-order valence-electron chi connectivity index (χ1n) is 6.61. The van der Waals surface area contributed by atoms with Crippen LogP contribution in [0.1, 0.15) is 23.7 Å². The van der Waals surface area contributed by atoms with E-state index in [9.17, 15) is 4.79 Å². The molecule has 1 fully saturated rings. The van der Waals surface area contributed by atoms with E-state index < -0.39 is 0 Å². The fourth-order valence-electron chi connectivity index (χ4n) is 2.31. The number of ether oxygens (including phenoxy) is 1. The number of nitrogens with two attached hydrogens (primary N) is 1. The van der Waals surface area contributed by atoms with Crippen LogP contribution >= 0.6 is 0 Å². The maximum absolute atomic E-state index is 12.1. The number of amides is 1. The first-order valence-corrected chi connectivity index (χ1v) is 6.61. The molecule has 1 atom stereocenters. The lowest BCUT2D eigenvalue weighted by Gasteiger charge is -2.27. The van der Waals surface area contributed by atoms with Gasteiger partial charge in [0.2, 0.25) is 0 Å². The number of likely N-dealkylation sites (N-methyl/N-ethyl adjacent to an activating group) is 1. The Hall–Kier alpha value is -1.75. The van der Waals surface area contributed by atoms with E-state index in [1.54, 1.807) is 12.1 Å². The van der Waals surface area contributed by atoms with Crippen molar-refractivity contribution >= 4 is 17.3 Å². The summed E-state index contributed by atoms with van der Waals surface area (Å²) in [6.07, 6.45) is 0.972. The van der Waals surface area contributed by atoms with Crippen LogP contribution in [0.5, 0.6) is 0 Å². The van der Waals surface area contributed by atoms with Crippen molar-refractivity contribution in [2.45, 2.75) is 19.4 Å². The number of benzene rings is 1. The normalized spacial score (nSPS) is 18.3. The van der Waals surface area contributed by atoms with Crippen molar-refractivity contribution in [3.8, 4) is 0 Å². The highest BCUT2D eigenvalue weighted by Crippen LogP contribution is 2.26. The molecule has 1 heterocycles. The molecule has 1 unspecified atom stereocenters. The van der Waals surface area contributed by atoms with Crippen LogP contribution in [0.3, 0.4) is 0 Å². The van der Waals surface area contributed by atoms with Gasteiger partial charge in [-0.05, 0) is 31.5 Å². The molecule has 1 saturated heterocycles. The van der Waals surface area contributed by atoms with E-state index in [1.165, 1.54) is 0 Å². The molecule has 0 bridgehead atoms. The summed E-state index contributed by atoms with van der Waals surface area (Å²) < 4.78 is 5.40. The molecule has 5 nitrogen and oxygen atoms in total. The Bertz CT molecular complexity index is 456. The van der Waals surface area contributed by atoms with Gasteiger partial charge in [0, 0.05) is 25.9 Å². The summed E-state index contributed by atoms with van der Waals surface area (Å²) >= 11 is 0. The van der Waals surface area contributed by atoms with Crippen molar-refractivity contribution in [2.75, 3.05) is 37.4 Å². The molecule has 1 aromatic rings. The molecule has 0 saturated carbocycles. The number of carbonyl (C=O) groups excluding carboxylic acids is 1. The lowest BCUT2D eigenvalue weighted by Crippen LogP contribution is -2.34. The Kier molecular flexibility index (Phi) is 4.27. The van der Waals surface area contributed by atoms with Gasteiger partial charge in [0.1, 0.15) is 0 Å². The molecule has 0 radical (unpaired) electrons. The summed E-state index contributed by atoms with van der Waals surface area (Å²) in [5.41, 5.74) is 8.03. The molecular weight excluding hydrogens is 242 g/mol.